The van der Waals surface area contributed by atoms with Gasteiger partial charge in [-0.25, -0.2) is 13.8 Å². The monoisotopic (exact) mass is 205 g/mol. The first kappa shape index (κ1) is 8.80. The van der Waals surface area contributed by atoms with Gasteiger partial charge in [-0.15, -0.1) is 0 Å². The highest BCUT2D eigenvalue weighted by Gasteiger charge is 2.50. The van der Waals surface area contributed by atoms with E-state index in [0.717, 1.165) is 0 Å². The van der Waals surface area contributed by atoms with Gasteiger partial charge in [-0.1, -0.05) is 0 Å². The lowest BCUT2D eigenvalue weighted by atomic mass is 10.1. The predicted octanol–water partition coefficient (Wildman–Crippen LogP) is 2.00. The summed E-state index contributed by atoms with van der Waals surface area (Å²) in [6.45, 7) is 0.305. The molecule has 1 aromatic heterocycles. The summed E-state index contributed by atoms with van der Waals surface area (Å²) in [5, 5.41) is 3.49. The van der Waals surface area contributed by atoms with Crippen molar-refractivity contribution in [3.8, 4) is 0 Å². The summed E-state index contributed by atoms with van der Waals surface area (Å²) < 4.78 is 28.6. The third-order valence-corrected chi connectivity index (χ3v) is 2.93. The minimum atomic E-state index is -2.23. The van der Waals surface area contributed by atoms with Gasteiger partial charge in [0.15, 0.2) is 0 Å². The lowest BCUT2D eigenvalue weighted by Crippen LogP contribution is -2.22. The molecule has 1 aliphatic carbocycles. The molecule has 1 fully saturated rings. The van der Waals surface area contributed by atoms with Crippen LogP contribution in [0.4, 0.5) is 13.9 Å². The van der Waals surface area contributed by atoms with Crippen LogP contribution in [-0.4, -0.2) is 22.3 Å². The van der Waals surface area contributed by atoms with Crippen LogP contribution in [0.1, 0.15) is 12.8 Å². The first-order valence-corrected chi connectivity index (χ1v) is 4.79. The summed E-state index contributed by atoms with van der Waals surface area (Å²) in [5.74, 6) is 0. The fraction of sp³-hybridized carbons (Fsp3) is 0.714. The van der Waals surface area contributed by atoms with Crippen molar-refractivity contribution in [2.75, 3.05) is 11.9 Å². The highest BCUT2D eigenvalue weighted by molar-refractivity contribution is 7.09. The molecule has 0 atom stereocenters. The molecule has 1 saturated carbocycles. The van der Waals surface area contributed by atoms with E-state index in [-0.39, 0.29) is 0 Å². The summed E-state index contributed by atoms with van der Waals surface area (Å²) in [4.78, 5) is 3.86. The molecule has 72 valence electrons. The lowest BCUT2D eigenvalue weighted by molar-refractivity contribution is 0.0688. The average molecular weight is 205 g/mol. The Morgan fingerprint density at radius 3 is 2.85 bits per heavy atom. The standard InChI is InChI=1S/C7H9F2N3S/c8-5(9)7(1-2-7)3-10-6-11-4-12-13-6/h4-5H,1-3H2,(H,10,11,12). The smallest absolute Gasteiger partial charge is 0.245 e. The third kappa shape index (κ3) is 1.77. The SMILES string of the molecule is FC(F)C1(CNc2ncns2)CC1. The molecule has 0 radical (unpaired) electrons. The minimum Gasteiger partial charge on any atom is -0.360 e. The van der Waals surface area contributed by atoms with Gasteiger partial charge in [0, 0.05) is 23.5 Å². The van der Waals surface area contributed by atoms with Crippen LogP contribution < -0.4 is 5.32 Å². The predicted molar refractivity (Wildman–Crippen MR) is 46.1 cm³/mol. The van der Waals surface area contributed by atoms with Crippen LogP contribution in [0.2, 0.25) is 0 Å². The Kier molecular flexibility index (Phi) is 2.15. The molecule has 0 saturated heterocycles. The first-order chi connectivity index (χ1) is 6.23. The van der Waals surface area contributed by atoms with E-state index < -0.39 is 11.8 Å². The van der Waals surface area contributed by atoms with Gasteiger partial charge in [0.1, 0.15) is 6.33 Å². The third-order valence-electron chi connectivity index (χ3n) is 2.31. The number of nitrogens with zero attached hydrogens (tertiary/aromatic N) is 2. The van der Waals surface area contributed by atoms with E-state index >= 15 is 0 Å². The molecular weight excluding hydrogens is 196 g/mol. The number of halogens is 2. The van der Waals surface area contributed by atoms with Crippen molar-refractivity contribution in [3.05, 3.63) is 6.33 Å². The number of alkyl halides is 2. The highest BCUT2D eigenvalue weighted by atomic mass is 32.1. The molecular formula is C7H9F2N3S. The topological polar surface area (TPSA) is 37.8 Å². The fourth-order valence-corrected chi connectivity index (χ4v) is 1.56. The van der Waals surface area contributed by atoms with Crippen LogP contribution in [0.15, 0.2) is 6.33 Å². The maximum Gasteiger partial charge on any atom is 0.245 e. The van der Waals surface area contributed by atoms with Crippen LogP contribution in [-0.2, 0) is 0 Å². The summed E-state index contributed by atoms with van der Waals surface area (Å²) in [5.41, 5.74) is -0.786. The maximum absolute atomic E-state index is 12.4. The zero-order valence-corrected chi connectivity index (χ0v) is 7.65. The number of anilines is 1. The molecule has 1 aromatic rings. The summed E-state index contributed by atoms with van der Waals surface area (Å²) in [6.07, 6.45) is 0.398. The lowest BCUT2D eigenvalue weighted by Gasteiger charge is -2.13. The van der Waals surface area contributed by atoms with Crippen molar-refractivity contribution in [1.82, 2.24) is 9.36 Å². The summed E-state index contributed by atoms with van der Waals surface area (Å²) in [6, 6.07) is 0. The van der Waals surface area contributed by atoms with Gasteiger partial charge in [0.2, 0.25) is 11.6 Å². The molecule has 0 aliphatic heterocycles. The van der Waals surface area contributed by atoms with Crippen LogP contribution in [0.3, 0.4) is 0 Å². The molecule has 1 N–H and O–H groups in total. The van der Waals surface area contributed by atoms with E-state index in [9.17, 15) is 8.78 Å². The van der Waals surface area contributed by atoms with Crippen LogP contribution in [0, 0.1) is 5.41 Å². The Labute approximate surface area is 78.4 Å². The van der Waals surface area contributed by atoms with Gasteiger partial charge in [-0.05, 0) is 12.8 Å². The van der Waals surface area contributed by atoms with Crippen LogP contribution in [0.5, 0.6) is 0 Å². The normalized spacial score (nSPS) is 19.0. The van der Waals surface area contributed by atoms with E-state index in [2.05, 4.69) is 14.7 Å². The molecule has 0 bridgehead atoms. The van der Waals surface area contributed by atoms with E-state index in [4.69, 9.17) is 0 Å². The van der Waals surface area contributed by atoms with E-state index in [1.54, 1.807) is 0 Å². The Morgan fingerprint density at radius 1 is 1.62 bits per heavy atom. The summed E-state index contributed by atoms with van der Waals surface area (Å²) in [7, 11) is 0. The Morgan fingerprint density at radius 2 is 2.38 bits per heavy atom. The van der Waals surface area contributed by atoms with E-state index in [1.165, 1.54) is 17.9 Å². The van der Waals surface area contributed by atoms with Crippen molar-refractivity contribution in [1.29, 1.82) is 0 Å². The van der Waals surface area contributed by atoms with E-state index in [1.807, 2.05) is 0 Å². The van der Waals surface area contributed by atoms with Crippen molar-refractivity contribution >= 4 is 16.7 Å². The van der Waals surface area contributed by atoms with Gasteiger partial charge in [0.25, 0.3) is 0 Å². The number of hydrogen-bond acceptors (Lipinski definition) is 4. The Hall–Kier alpha value is -0.780. The van der Waals surface area contributed by atoms with Gasteiger partial charge >= 0.3 is 0 Å². The number of hydrogen-bond donors (Lipinski definition) is 1. The van der Waals surface area contributed by atoms with Crippen molar-refractivity contribution in [2.24, 2.45) is 5.41 Å². The average Bonchev–Trinajstić information content (AvgIpc) is 2.73. The number of rotatable bonds is 4. The van der Waals surface area contributed by atoms with Gasteiger partial charge in [-0.2, -0.15) is 4.37 Å². The molecule has 1 aliphatic rings. The molecule has 0 spiro atoms. The van der Waals surface area contributed by atoms with Crippen LogP contribution in [0.25, 0.3) is 0 Å². The Balaban J connectivity index is 1.86. The Bertz CT molecular complexity index is 271. The zero-order chi connectivity index (χ0) is 9.31. The maximum atomic E-state index is 12.4. The molecule has 0 aromatic carbocycles. The molecule has 3 nitrogen and oxygen atoms in total. The zero-order valence-electron chi connectivity index (χ0n) is 6.83. The van der Waals surface area contributed by atoms with Gasteiger partial charge in [-0.3, -0.25) is 0 Å². The highest BCUT2D eigenvalue weighted by Crippen LogP contribution is 2.50. The summed E-state index contributed by atoms with van der Waals surface area (Å²) >= 11 is 1.19. The second kappa shape index (κ2) is 3.17. The van der Waals surface area contributed by atoms with Crippen LogP contribution >= 0.6 is 11.5 Å². The molecule has 0 amide bonds. The quantitative estimate of drug-likeness (QED) is 0.816. The largest absolute Gasteiger partial charge is 0.360 e. The second-order valence-electron chi connectivity index (χ2n) is 3.26. The first-order valence-electron chi connectivity index (χ1n) is 4.02. The van der Waals surface area contributed by atoms with Gasteiger partial charge in [0.05, 0.1) is 0 Å². The molecule has 13 heavy (non-hydrogen) atoms. The molecule has 0 unspecified atom stereocenters. The number of nitrogens with one attached hydrogen (secondary N) is 1. The molecule has 2 rings (SSSR count). The molecule has 6 heteroatoms. The van der Waals surface area contributed by atoms with Crippen molar-refractivity contribution < 1.29 is 8.78 Å². The van der Waals surface area contributed by atoms with Gasteiger partial charge < -0.3 is 5.32 Å². The number of aromatic nitrogens is 2. The molecule has 1 heterocycles. The van der Waals surface area contributed by atoms with Crippen molar-refractivity contribution in [2.45, 2.75) is 19.3 Å². The van der Waals surface area contributed by atoms with Crippen molar-refractivity contribution in [3.63, 3.8) is 0 Å². The fourth-order valence-electron chi connectivity index (χ4n) is 1.14. The minimum absolute atomic E-state index is 0.305. The second-order valence-corrected chi connectivity index (χ2v) is 4.04. The van der Waals surface area contributed by atoms with E-state index in [0.29, 0.717) is 24.5 Å².